The van der Waals surface area contributed by atoms with Crippen molar-refractivity contribution < 1.29 is 14.3 Å². The molecule has 23 heavy (non-hydrogen) atoms. The van der Waals surface area contributed by atoms with Gasteiger partial charge in [-0.1, -0.05) is 6.07 Å². The van der Waals surface area contributed by atoms with Gasteiger partial charge in [0, 0.05) is 5.56 Å². The third-order valence-electron chi connectivity index (χ3n) is 3.04. The normalized spacial score (nSPS) is 9.74. The van der Waals surface area contributed by atoms with Crippen LogP contribution in [0.25, 0.3) is 0 Å². The van der Waals surface area contributed by atoms with Crippen molar-refractivity contribution in [1.29, 1.82) is 5.26 Å². The lowest BCUT2D eigenvalue weighted by molar-refractivity contribution is 0.0947. The van der Waals surface area contributed by atoms with Gasteiger partial charge in [-0.3, -0.25) is 4.79 Å². The second-order valence-electron chi connectivity index (χ2n) is 4.70. The Bertz CT molecular complexity index is 690. The van der Waals surface area contributed by atoms with Gasteiger partial charge in [0.2, 0.25) is 0 Å². The van der Waals surface area contributed by atoms with Crippen molar-refractivity contribution in [2.45, 2.75) is 6.92 Å². The first kappa shape index (κ1) is 16.4. The van der Waals surface area contributed by atoms with Gasteiger partial charge in [0.15, 0.2) is 0 Å². The largest absolute Gasteiger partial charge is 0.494 e. The first-order valence-corrected chi connectivity index (χ1v) is 7.37. The van der Waals surface area contributed by atoms with Crippen molar-refractivity contribution in [3.8, 4) is 17.6 Å². The van der Waals surface area contributed by atoms with Crippen molar-refractivity contribution >= 4 is 5.91 Å². The van der Waals surface area contributed by atoms with E-state index < -0.39 is 0 Å². The molecule has 0 bridgehead atoms. The van der Waals surface area contributed by atoms with E-state index in [-0.39, 0.29) is 5.91 Å². The Morgan fingerprint density at radius 2 is 1.83 bits per heavy atom. The molecule has 1 N–H and O–H groups in total. The number of carbonyl (C=O) groups is 1. The number of amides is 1. The number of hydrogen-bond donors (Lipinski definition) is 1. The summed E-state index contributed by atoms with van der Waals surface area (Å²) in [6.45, 7) is 3.29. The van der Waals surface area contributed by atoms with Gasteiger partial charge in [-0.05, 0) is 49.4 Å². The second kappa shape index (κ2) is 8.44. The van der Waals surface area contributed by atoms with Gasteiger partial charge in [-0.15, -0.1) is 0 Å². The Balaban J connectivity index is 1.76. The quantitative estimate of drug-likeness (QED) is 0.798. The van der Waals surface area contributed by atoms with Crippen LogP contribution in [0, 0.1) is 11.3 Å². The summed E-state index contributed by atoms with van der Waals surface area (Å²) in [5.74, 6) is 1.29. The third-order valence-corrected chi connectivity index (χ3v) is 3.04. The summed E-state index contributed by atoms with van der Waals surface area (Å²) in [5, 5.41) is 11.6. The molecular formula is C18H18N2O3. The predicted octanol–water partition coefficient (Wildman–Crippen LogP) is 2.77. The molecule has 0 aliphatic rings. The van der Waals surface area contributed by atoms with Crippen molar-refractivity contribution in [1.82, 2.24) is 5.32 Å². The highest BCUT2D eigenvalue weighted by Crippen LogP contribution is 2.17. The molecule has 0 saturated carbocycles. The van der Waals surface area contributed by atoms with Crippen molar-refractivity contribution in [2.24, 2.45) is 0 Å². The summed E-state index contributed by atoms with van der Waals surface area (Å²) in [4.78, 5) is 11.9. The minimum Gasteiger partial charge on any atom is -0.494 e. The average Bonchev–Trinajstić information content (AvgIpc) is 2.60. The van der Waals surface area contributed by atoms with Crippen LogP contribution >= 0.6 is 0 Å². The molecule has 0 aliphatic carbocycles. The minimum absolute atomic E-state index is 0.225. The molecule has 2 rings (SSSR count). The predicted molar refractivity (Wildman–Crippen MR) is 86.6 cm³/mol. The van der Waals surface area contributed by atoms with E-state index in [1.165, 1.54) is 0 Å². The second-order valence-corrected chi connectivity index (χ2v) is 4.70. The molecule has 0 aliphatic heterocycles. The Morgan fingerprint density at radius 1 is 1.13 bits per heavy atom. The van der Waals surface area contributed by atoms with Gasteiger partial charge in [0.05, 0.1) is 24.8 Å². The molecule has 0 fully saturated rings. The fourth-order valence-electron chi connectivity index (χ4n) is 1.96. The third kappa shape index (κ3) is 5.04. The maximum Gasteiger partial charge on any atom is 0.251 e. The summed E-state index contributed by atoms with van der Waals surface area (Å²) >= 11 is 0. The number of nitriles is 1. The van der Waals surface area contributed by atoms with E-state index in [1.54, 1.807) is 24.3 Å². The zero-order valence-electron chi connectivity index (χ0n) is 12.9. The standard InChI is InChI=1S/C18H18N2O3/c1-2-22-16-6-8-17(9-7-16)23-11-10-20-18(21)15-5-3-4-14(12-15)13-19/h3-9,12H,2,10-11H2,1H3,(H,20,21). The fourth-order valence-corrected chi connectivity index (χ4v) is 1.96. The minimum atomic E-state index is -0.225. The topological polar surface area (TPSA) is 71.3 Å². The van der Waals surface area contributed by atoms with Gasteiger partial charge < -0.3 is 14.8 Å². The smallest absolute Gasteiger partial charge is 0.251 e. The zero-order valence-corrected chi connectivity index (χ0v) is 12.9. The number of ether oxygens (including phenoxy) is 2. The fraction of sp³-hybridized carbons (Fsp3) is 0.222. The molecule has 0 unspecified atom stereocenters. The van der Waals surface area contributed by atoms with Crippen LogP contribution in [0.5, 0.6) is 11.5 Å². The van der Waals surface area contributed by atoms with Crippen LogP contribution in [0.15, 0.2) is 48.5 Å². The Morgan fingerprint density at radius 3 is 2.48 bits per heavy atom. The molecule has 2 aromatic carbocycles. The molecule has 1 amide bonds. The molecule has 0 heterocycles. The lowest BCUT2D eigenvalue weighted by Crippen LogP contribution is -2.28. The van der Waals surface area contributed by atoms with Crippen LogP contribution < -0.4 is 14.8 Å². The molecular weight excluding hydrogens is 292 g/mol. The van der Waals surface area contributed by atoms with Crippen LogP contribution in [-0.2, 0) is 0 Å². The van der Waals surface area contributed by atoms with Crippen molar-refractivity contribution in [3.05, 3.63) is 59.7 Å². The SMILES string of the molecule is CCOc1ccc(OCCNC(=O)c2cccc(C#N)c2)cc1. The van der Waals surface area contributed by atoms with E-state index >= 15 is 0 Å². The Hall–Kier alpha value is -3.00. The van der Waals surface area contributed by atoms with E-state index in [9.17, 15) is 4.79 Å². The molecule has 5 nitrogen and oxygen atoms in total. The molecule has 0 atom stereocenters. The number of hydrogen-bond acceptors (Lipinski definition) is 4. The molecule has 118 valence electrons. The van der Waals surface area contributed by atoms with E-state index in [1.807, 2.05) is 37.3 Å². The van der Waals surface area contributed by atoms with Crippen LogP contribution in [0.4, 0.5) is 0 Å². The van der Waals surface area contributed by atoms with Gasteiger partial charge in [-0.2, -0.15) is 5.26 Å². The van der Waals surface area contributed by atoms with Gasteiger partial charge in [-0.25, -0.2) is 0 Å². The van der Waals surface area contributed by atoms with E-state index in [2.05, 4.69) is 5.32 Å². The molecule has 2 aromatic rings. The van der Waals surface area contributed by atoms with Crippen LogP contribution in [0.2, 0.25) is 0 Å². The lowest BCUT2D eigenvalue weighted by atomic mass is 10.1. The summed E-state index contributed by atoms with van der Waals surface area (Å²) < 4.78 is 10.9. The van der Waals surface area contributed by atoms with E-state index in [0.29, 0.717) is 36.6 Å². The van der Waals surface area contributed by atoms with E-state index in [0.717, 1.165) is 5.75 Å². The molecule has 0 aromatic heterocycles. The van der Waals surface area contributed by atoms with Gasteiger partial charge in [0.1, 0.15) is 18.1 Å². The first-order chi connectivity index (χ1) is 11.2. The van der Waals surface area contributed by atoms with E-state index in [4.69, 9.17) is 14.7 Å². The average molecular weight is 310 g/mol. The molecule has 0 radical (unpaired) electrons. The molecule has 0 spiro atoms. The number of benzene rings is 2. The monoisotopic (exact) mass is 310 g/mol. The summed E-state index contributed by atoms with van der Waals surface area (Å²) in [7, 11) is 0. The highest BCUT2D eigenvalue weighted by atomic mass is 16.5. The highest BCUT2D eigenvalue weighted by Gasteiger charge is 2.05. The number of nitrogens with zero attached hydrogens (tertiary/aromatic N) is 1. The maximum atomic E-state index is 11.9. The Kier molecular flexibility index (Phi) is 6.01. The summed E-state index contributed by atoms with van der Waals surface area (Å²) in [6.07, 6.45) is 0. The van der Waals surface area contributed by atoms with Crippen LogP contribution in [0.3, 0.4) is 0 Å². The summed E-state index contributed by atoms with van der Waals surface area (Å²) in [5.41, 5.74) is 0.924. The number of nitrogens with one attached hydrogen (secondary N) is 1. The maximum absolute atomic E-state index is 11.9. The van der Waals surface area contributed by atoms with Crippen LogP contribution in [-0.4, -0.2) is 25.7 Å². The molecule has 5 heteroatoms. The van der Waals surface area contributed by atoms with Crippen molar-refractivity contribution in [3.63, 3.8) is 0 Å². The van der Waals surface area contributed by atoms with Gasteiger partial charge in [0.25, 0.3) is 5.91 Å². The molecule has 0 saturated heterocycles. The lowest BCUT2D eigenvalue weighted by Gasteiger charge is -2.09. The zero-order chi connectivity index (χ0) is 16.5. The highest BCUT2D eigenvalue weighted by molar-refractivity contribution is 5.94. The van der Waals surface area contributed by atoms with Gasteiger partial charge >= 0.3 is 0 Å². The summed E-state index contributed by atoms with van der Waals surface area (Å²) in [6, 6.07) is 15.9. The first-order valence-electron chi connectivity index (χ1n) is 7.37. The van der Waals surface area contributed by atoms with Crippen LogP contribution in [0.1, 0.15) is 22.8 Å². The van der Waals surface area contributed by atoms with Crippen molar-refractivity contribution in [2.75, 3.05) is 19.8 Å². The number of carbonyl (C=O) groups excluding carboxylic acids is 1. The number of rotatable bonds is 7. The Labute approximate surface area is 135 Å².